The third kappa shape index (κ3) is 5.42. The summed E-state index contributed by atoms with van der Waals surface area (Å²) in [6.45, 7) is 6.71. The molecular formula is C23H29ClFN3O3S. The number of sulfonamides is 1. The van der Waals surface area contributed by atoms with E-state index in [1.165, 1.54) is 28.6 Å². The van der Waals surface area contributed by atoms with Crippen LogP contribution in [0.4, 0.5) is 10.1 Å². The molecule has 0 aromatic heterocycles. The Morgan fingerprint density at radius 1 is 1.00 bits per heavy atom. The molecule has 0 radical (unpaired) electrons. The molecule has 9 heteroatoms. The second-order valence-electron chi connectivity index (χ2n) is 7.80. The fourth-order valence-electron chi connectivity index (χ4n) is 3.85. The molecular weight excluding hydrogens is 453 g/mol. The first-order chi connectivity index (χ1) is 15.3. The van der Waals surface area contributed by atoms with Gasteiger partial charge in [0.05, 0.1) is 5.02 Å². The summed E-state index contributed by atoms with van der Waals surface area (Å²) in [5.41, 5.74) is 1.17. The van der Waals surface area contributed by atoms with Gasteiger partial charge in [-0.3, -0.25) is 4.79 Å². The van der Waals surface area contributed by atoms with Crippen LogP contribution in [-0.4, -0.2) is 62.8 Å². The summed E-state index contributed by atoms with van der Waals surface area (Å²) in [6, 6.07) is 10.6. The third-order valence-electron chi connectivity index (χ3n) is 5.50. The van der Waals surface area contributed by atoms with Crippen LogP contribution in [0.15, 0.2) is 47.4 Å². The van der Waals surface area contributed by atoms with Crippen LogP contribution < -0.4 is 4.90 Å². The number of benzene rings is 2. The Morgan fingerprint density at radius 2 is 1.59 bits per heavy atom. The summed E-state index contributed by atoms with van der Waals surface area (Å²) < 4.78 is 41.2. The number of rotatable bonds is 8. The van der Waals surface area contributed by atoms with Crippen LogP contribution in [0, 0.1) is 5.82 Å². The molecule has 0 bridgehead atoms. The summed E-state index contributed by atoms with van der Waals surface area (Å²) in [6.07, 6.45) is 1.64. The highest BCUT2D eigenvalue weighted by molar-refractivity contribution is 7.89. The molecule has 1 heterocycles. The first kappa shape index (κ1) is 24.5. The van der Waals surface area contributed by atoms with Crippen LogP contribution in [0.5, 0.6) is 0 Å². The molecule has 1 amide bonds. The fourth-order valence-corrected chi connectivity index (χ4v) is 5.77. The molecule has 0 aliphatic carbocycles. The zero-order chi connectivity index (χ0) is 23.3. The molecule has 1 saturated heterocycles. The molecule has 1 aliphatic rings. The normalized spacial score (nSPS) is 15.1. The minimum atomic E-state index is -3.87. The van der Waals surface area contributed by atoms with Crippen LogP contribution in [0.2, 0.25) is 5.02 Å². The fraction of sp³-hybridized carbons (Fsp3) is 0.435. The molecule has 0 unspecified atom stereocenters. The van der Waals surface area contributed by atoms with E-state index in [1.54, 1.807) is 23.1 Å². The second kappa shape index (κ2) is 10.6. The maximum absolute atomic E-state index is 13.3. The van der Waals surface area contributed by atoms with Crippen molar-refractivity contribution in [3.05, 3.63) is 58.9 Å². The number of anilines is 1. The zero-order valence-electron chi connectivity index (χ0n) is 18.4. The summed E-state index contributed by atoms with van der Waals surface area (Å²) in [7, 11) is -3.87. The Hall–Kier alpha value is -2.16. The van der Waals surface area contributed by atoms with E-state index in [4.69, 9.17) is 11.6 Å². The average molecular weight is 482 g/mol. The van der Waals surface area contributed by atoms with E-state index in [1.807, 2.05) is 18.7 Å². The summed E-state index contributed by atoms with van der Waals surface area (Å²) in [5, 5.41) is 0.0973. The zero-order valence-corrected chi connectivity index (χ0v) is 20.0. The number of carbonyl (C=O) groups is 1. The van der Waals surface area contributed by atoms with Crippen LogP contribution >= 0.6 is 11.6 Å². The van der Waals surface area contributed by atoms with Crippen molar-refractivity contribution >= 4 is 33.2 Å². The molecule has 2 aromatic rings. The van der Waals surface area contributed by atoms with Crippen LogP contribution in [-0.2, 0) is 10.0 Å². The van der Waals surface area contributed by atoms with Crippen molar-refractivity contribution in [1.82, 2.24) is 9.21 Å². The van der Waals surface area contributed by atoms with Gasteiger partial charge in [-0.15, -0.1) is 0 Å². The van der Waals surface area contributed by atoms with Crippen molar-refractivity contribution in [1.29, 1.82) is 0 Å². The summed E-state index contributed by atoms with van der Waals surface area (Å²) >= 11 is 6.27. The lowest BCUT2D eigenvalue weighted by Crippen LogP contribution is -2.48. The monoisotopic (exact) mass is 481 g/mol. The van der Waals surface area contributed by atoms with Gasteiger partial charge in [-0.05, 0) is 55.3 Å². The molecule has 0 N–H and O–H groups in total. The minimum absolute atomic E-state index is 0.0480. The molecule has 1 aliphatic heterocycles. The number of hydrogen-bond acceptors (Lipinski definition) is 4. The lowest BCUT2D eigenvalue weighted by atomic mass is 10.2. The van der Waals surface area contributed by atoms with Crippen molar-refractivity contribution in [3.8, 4) is 0 Å². The third-order valence-corrected chi connectivity index (χ3v) is 7.88. The van der Waals surface area contributed by atoms with Gasteiger partial charge in [0, 0.05) is 50.5 Å². The molecule has 3 rings (SSSR count). The van der Waals surface area contributed by atoms with Crippen LogP contribution in [0.3, 0.4) is 0 Å². The molecule has 0 spiro atoms. The van der Waals surface area contributed by atoms with Gasteiger partial charge in [0.15, 0.2) is 0 Å². The van der Waals surface area contributed by atoms with Crippen molar-refractivity contribution in [2.75, 3.05) is 44.2 Å². The number of carbonyl (C=O) groups excluding carboxylic acids is 1. The molecule has 0 saturated carbocycles. The first-order valence-corrected chi connectivity index (χ1v) is 12.7. The van der Waals surface area contributed by atoms with Crippen LogP contribution in [0.1, 0.15) is 37.0 Å². The Bertz CT molecular complexity index is 1030. The predicted octanol–water partition coefficient (Wildman–Crippen LogP) is 4.25. The van der Waals surface area contributed by atoms with E-state index in [9.17, 15) is 17.6 Å². The Labute approximate surface area is 194 Å². The van der Waals surface area contributed by atoms with Crippen LogP contribution in [0.25, 0.3) is 0 Å². The van der Waals surface area contributed by atoms with Gasteiger partial charge in [-0.25, -0.2) is 12.8 Å². The van der Waals surface area contributed by atoms with Crippen molar-refractivity contribution < 1.29 is 17.6 Å². The maximum Gasteiger partial charge on any atom is 0.253 e. The molecule has 174 valence electrons. The van der Waals surface area contributed by atoms with Gasteiger partial charge < -0.3 is 9.80 Å². The van der Waals surface area contributed by atoms with Gasteiger partial charge in [-0.1, -0.05) is 25.4 Å². The van der Waals surface area contributed by atoms with Gasteiger partial charge in [0.2, 0.25) is 10.0 Å². The maximum atomic E-state index is 13.3. The Balaban J connectivity index is 1.78. The van der Waals surface area contributed by atoms with Gasteiger partial charge in [-0.2, -0.15) is 4.31 Å². The van der Waals surface area contributed by atoms with Crippen molar-refractivity contribution in [3.63, 3.8) is 0 Å². The van der Waals surface area contributed by atoms with Crippen molar-refractivity contribution in [2.45, 2.75) is 31.6 Å². The molecule has 6 nitrogen and oxygen atoms in total. The minimum Gasteiger partial charge on any atom is -0.369 e. The number of hydrogen-bond donors (Lipinski definition) is 0. The number of amides is 1. The molecule has 32 heavy (non-hydrogen) atoms. The lowest BCUT2D eigenvalue weighted by Gasteiger charge is -2.35. The standard InChI is InChI=1S/C23H29ClFN3O3S/c1-3-11-27(12-4-2)23(29)18-5-10-21(24)22(17-18)32(30,31)28-15-13-26(14-16-28)20-8-6-19(25)7-9-20/h5-10,17H,3-4,11-16H2,1-2H3. The first-order valence-electron chi connectivity index (χ1n) is 10.9. The van der Waals surface area contributed by atoms with E-state index in [-0.39, 0.29) is 34.7 Å². The van der Waals surface area contributed by atoms with Crippen molar-refractivity contribution in [2.24, 2.45) is 0 Å². The van der Waals surface area contributed by atoms with E-state index in [0.717, 1.165) is 18.5 Å². The Morgan fingerprint density at radius 3 is 2.16 bits per heavy atom. The predicted molar refractivity (Wildman–Crippen MR) is 125 cm³/mol. The quantitative estimate of drug-likeness (QED) is 0.565. The molecule has 2 aromatic carbocycles. The highest BCUT2D eigenvalue weighted by Crippen LogP contribution is 2.28. The van der Waals surface area contributed by atoms with E-state index in [0.29, 0.717) is 31.7 Å². The Kier molecular flexibility index (Phi) is 8.14. The van der Waals surface area contributed by atoms with E-state index < -0.39 is 10.0 Å². The van der Waals surface area contributed by atoms with E-state index in [2.05, 4.69) is 0 Å². The van der Waals surface area contributed by atoms with E-state index >= 15 is 0 Å². The molecule has 0 atom stereocenters. The highest BCUT2D eigenvalue weighted by Gasteiger charge is 2.31. The highest BCUT2D eigenvalue weighted by atomic mass is 35.5. The van der Waals surface area contributed by atoms with Gasteiger partial charge >= 0.3 is 0 Å². The second-order valence-corrected chi connectivity index (χ2v) is 10.1. The van der Waals surface area contributed by atoms with Gasteiger partial charge in [0.1, 0.15) is 10.7 Å². The number of halogens is 2. The lowest BCUT2D eigenvalue weighted by molar-refractivity contribution is 0.0755. The SMILES string of the molecule is CCCN(CCC)C(=O)c1ccc(Cl)c(S(=O)(=O)N2CCN(c3ccc(F)cc3)CC2)c1. The topological polar surface area (TPSA) is 60.9 Å². The smallest absolute Gasteiger partial charge is 0.253 e. The average Bonchev–Trinajstić information content (AvgIpc) is 2.79. The number of nitrogens with zero attached hydrogens (tertiary/aromatic N) is 3. The molecule has 1 fully saturated rings. The largest absolute Gasteiger partial charge is 0.369 e. The van der Waals surface area contributed by atoms with Gasteiger partial charge in [0.25, 0.3) is 5.91 Å². The summed E-state index contributed by atoms with van der Waals surface area (Å²) in [4.78, 5) is 16.7. The summed E-state index contributed by atoms with van der Waals surface area (Å²) in [5.74, 6) is -0.501. The number of piperazine rings is 1.